The summed E-state index contributed by atoms with van der Waals surface area (Å²) >= 11 is 0. The van der Waals surface area contributed by atoms with Crippen molar-refractivity contribution in [2.75, 3.05) is 13.7 Å². The van der Waals surface area contributed by atoms with Crippen molar-refractivity contribution in [1.82, 2.24) is 5.32 Å². The molecule has 1 unspecified atom stereocenters. The number of ether oxygens (including phenoxy) is 1. The molecule has 0 saturated carbocycles. The van der Waals surface area contributed by atoms with Crippen LogP contribution in [0.1, 0.15) is 24.8 Å². The Labute approximate surface area is 118 Å². The van der Waals surface area contributed by atoms with Crippen LogP contribution in [-0.2, 0) is 20.7 Å². The standard InChI is InChI=1S/C15H21NO4/c1-20-10-6-5-9-14(17)16-13(15(18)19)11-12-7-3-2-4-8-12/h2-4,7-8,13H,5-6,9-11H2,1H3,(H,16,17)(H,18,19). The second kappa shape index (κ2) is 9.09. The lowest BCUT2D eigenvalue weighted by molar-refractivity contribution is -0.141. The monoisotopic (exact) mass is 279 g/mol. The average Bonchev–Trinajstić information content (AvgIpc) is 2.44. The quantitative estimate of drug-likeness (QED) is 0.673. The predicted octanol–water partition coefficient (Wildman–Crippen LogP) is 1.62. The molecule has 1 rings (SSSR count). The van der Waals surface area contributed by atoms with Gasteiger partial charge < -0.3 is 15.2 Å². The van der Waals surface area contributed by atoms with E-state index in [1.165, 1.54) is 0 Å². The van der Waals surface area contributed by atoms with Crippen molar-refractivity contribution in [3.8, 4) is 0 Å². The lowest BCUT2D eigenvalue weighted by Gasteiger charge is -2.14. The summed E-state index contributed by atoms with van der Waals surface area (Å²) < 4.78 is 4.90. The van der Waals surface area contributed by atoms with E-state index in [2.05, 4.69) is 5.32 Å². The van der Waals surface area contributed by atoms with E-state index in [-0.39, 0.29) is 5.91 Å². The maximum Gasteiger partial charge on any atom is 0.326 e. The van der Waals surface area contributed by atoms with Crippen LogP contribution in [0.25, 0.3) is 0 Å². The van der Waals surface area contributed by atoms with Gasteiger partial charge in [0.2, 0.25) is 5.91 Å². The zero-order valence-electron chi connectivity index (χ0n) is 11.7. The maximum absolute atomic E-state index is 11.7. The number of unbranched alkanes of at least 4 members (excludes halogenated alkanes) is 1. The Balaban J connectivity index is 2.43. The molecular weight excluding hydrogens is 258 g/mol. The Morgan fingerprint density at radius 3 is 2.55 bits per heavy atom. The molecule has 1 amide bonds. The molecule has 0 aliphatic heterocycles. The van der Waals surface area contributed by atoms with Gasteiger partial charge in [0.15, 0.2) is 0 Å². The van der Waals surface area contributed by atoms with Crippen molar-refractivity contribution in [1.29, 1.82) is 0 Å². The molecule has 0 aromatic heterocycles. The van der Waals surface area contributed by atoms with E-state index in [4.69, 9.17) is 9.84 Å². The van der Waals surface area contributed by atoms with Gasteiger partial charge >= 0.3 is 5.97 Å². The first-order valence-electron chi connectivity index (χ1n) is 6.68. The number of amides is 1. The number of methoxy groups -OCH3 is 1. The Kier molecular flexibility index (Phi) is 7.35. The maximum atomic E-state index is 11.7. The van der Waals surface area contributed by atoms with E-state index in [0.29, 0.717) is 25.9 Å². The number of carbonyl (C=O) groups is 2. The third-order valence-electron chi connectivity index (χ3n) is 2.92. The molecule has 2 N–H and O–H groups in total. The molecule has 1 atom stereocenters. The number of benzene rings is 1. The van der Waals surface area contributed by atoms with E-state index in [1.807, 2.05) is 30.3 Å². The van der Waals surface area contributed by atoms with Crippen molar-refractivity contribution >= 4 is 11.9 Å². The minimum Gasteiger partial charge on any atom is -0.480 e. The second-order valence-electron chi connectivity index (χ2n) is 4.60. The summed E-state index contributed by atoms with van der Waals surface area (Å²) in [6.07, 6.45) is 2.10. The molecule has 5 nitrogen and oxygen atoms in total. The topological polar surface area (TPSA) is 75.6 Å². The molecule has 110 valence electrons. The van der Waals surface area contributed by atoms with Crippen molar-refractivity contribution in [2.24, 2.45) is 0 Å². The van der Waals surface area contributed by atoms with E-state index < -0.39 is 12.0 Å². The molecule has 0 spiro atoms. The van der Waals surface area contributed by atoms with Gasteiger partial charge in [-0.2, -0.15) is 0 Å². The van der Waals surface area contributed by atoms with Crippen molar-refractivity contribution < 1.29 is 19.4 Å². The third kappa shape index (κ3) is 6.33. The molecule has 20 heavy (non-hydrogen) atoms. The molecule has 0 heterocycles. The molecule has 0 bridgehead atoms. The highest BCUT2D eigenvalue weighted by Crippen LogP contribution is 2.04. The summed E-state index contributed by atoms with van der Waals surface area (Å²) in [6, 6.07) is 8.38. The molecule has 0 fully saturated rings. The summed E-state index contributed by atoms with van der Waals surface area (Å²) in [7, 11) is 1.61. The van der Waals surface area contributed by atoms with Crippen LogP contribution in [0, 0.1) is 0 Å². The fourth-order valence-electron chi connectivity index (χ4n) is 1.85. The van der Waals surface area contributed by atoms with E-state index in [1.54, 1.807) is 7.11 Å². The van der Waals surface area contributed by atoms with Crippen molar-refractivity contribution in [3.05, 3.63) is 35.9 Å². The average molecular weight is 279 g/mol. The Hall–Kier alpha value is -1.88. The first-order valence-corrected chi connectivity index (χ1v) is 6.68. The summed E-state index contributed by atoms with van der Waals surface area (Å²) in [5.74, 6) is -1.25. The lowest BCUT2D eigenvalue weighted by atomic mass is 10.1. The number of carboxylic acid groups (broad SMARTS) is 1. The largest absolute Gasteiger partial charge is 0.480 e. The summed E-state index contributed by atoms with van der Waals surface area (Å²) in [6.45, 7) is 0.611. The van der Waals surface area contributed by atoms with Crippen LogP contribution in [0.3, 0.4) is 0 Å². The normalized spacial score (nSPS) is 11.8. The molecule has 1 aromatic carbocycles. The number of hydrogen-bond donors (Lipinski definition) is 2. The van der Waals surface area contributed by atoms with Crippen LogP contribution >= 0.6 is 0 Å². The van der Waals surface area contributed by atoms with Crippen LogP contribution in [0.2, 0.25) is 0 Å². The van der Waals surface area contributed by atoms with Crippen LogP contribution in [-0.4, -0.2) is 36.7 Å². The SMILES string of the molecule is COCCCCC(=O)NC(Cc1ccccc1)C(=O)O. The predicted molar refractivity (Wildman–Crippen MR) is 75.4 cm³/mol. The highest BCUT2D eigenvalue weighted by molar-refractivity contribution is 5.83. The van der Waals surface area contributed by atoms with Crippen LogP contribution in [0.15, 0.2) is 30.3 Å². The fourth-order valence-corrected chi connectivity index (χ4v) is 1.85. The van der Waals surface area contributed by atoms with Gasteiger partial charge in [0.05, 0.1) is 0 Å². The van der Waals surface area contributed by atoms with Crippen LogP contribution < -0.4 is 5.32 Å². The lowest BCUT2D eigenvalue weighted by Crippen LogP contribution is -2.42. The first kappa shape index (κ1) is 16.2. The Morgan fingerprint density at radius 2 is 1.95 bits per heavy atom. The fraction of sp³-hybridized carbons (Fsp3) is 0.467. The minimum absolute atomic E-state index is 0.232. The number of carboxylic acids is 1. The summed E-state index contributed by atoms with van der Waals surface area (Å²) in [5, 5.41) is 11.7. The molecule has 0 aliphatic rings. The van der Waals surface area contributed by atoms with Gasteiger partial charge in [-0.05, 0) is 18.4 Å². The third-order valence-corrected chi connectivity index (χ3v) is 2.92. The molecule has 0 radical (unpaired) electrons. The minimum atomic E-state index is -1.01. The number of carbonyl (C=O) groups excluding carboxylic acids is 1. The number of rotatable bonds is 9. The molecule has 0 saturated heterocycles. The molecule has 1 aromatic rings. The van der Waals surface area contributed by atoms with E-state index >= 15 is 0 Å². The first-order chi connectivity index (χ1) is 9.63. The van der Waals surface area contributed by atoms with Crippen LogP contribution in [0.4, 0.5) is 0 Å². The van der Waals surface area contributed by atoms with Crippen LogP contribution in [0.5, 0.6) is 0 Å². The smallest absolute Gasteiger partial charge is 0.326 e. The van der Waals surface area contributed by atoms with Gasteiger partial charge in [-0.25, -0.2) is 4.79 Å². The molecule has 0 aliphatic carbocycles. The highest BCUT2D eigenvalue weighted by Gasteiger charge is 2.19. The number of nitrogens with one attached hydrogen (secondary N) is 1. The molecule has 5 heteroatoms. The van der Waals surface area contributed by atoms with E-state index in [0.717, 1.165) is 12.0 Å². The highest BCUT2D eigenvalue weighted by atomic mass is 16.5. The Morgan fingerprint density at radius 1 is 1.25 bits per heavy atom. The van der Waals surface area contributed by atoms with Gasteiger partial charge in [-0.15, -0.1) is 0 Å². The molecular formula is C15H21NO4. The van der Waals surface area contributed by atoms with Gasteiger partial charge in [0.25, 0.3) is 0 Å². The van der Waals surface area contributed by atoms with Gasteiger partial charge in [-0.3, -0.25) is 4.79 Å². The van der Waals surface area contributed by atoms with Crippen molar-refractivity contribution in [3.63, 3.8) is 0 Å². The number of aliphatic carboxylic acids is 1. The zero-order valence-corrected chi connectivity index (χ0v) is 11.7. The summed E-state index contributed by atoms with van der Waals surface area (Å²) in [5.41, 5.74) is 0.889. The second-order valence-corrected chi connectivity index (χ2v) is 4.60. The van der Waals surface area contributed by atoms with Crippen molar-refractivity contribution in [2.45, 2.75) is 31.7 Å². The summed E-state index contributed by atoms with van der Waals surface area (Å²) in [4.78, 5) is 22.9. The van der Waals surface area contributed by atoms with Gasteiger partial charge in [-0.1, -0.05) is 30.3 Å². The van der Waals surface area contributed by atoms with E-state index in [9.17, 15) is 9.59 Å². The Bertz CT molecular complexity index is 419. The number of hydrogen-bond acceptors (Lipinski definition) is 3. The zero-order chi connectivity index (χ0) is 14.8. The van der Waals surface area contributed by atoms with Gasteiger partial charge in [0, 0.05) is 26.6 Å². The van der Waals surface area contributed by atoms with Gasteiger partial charge in [0.1, 0.15) is 6.04 Å².